The first kappa shape index (κ1) is 18.5. The summed E-state index contributed by atoms with van der Waals surface area (Å²) in [7, 11) is 0. The van der Waals surface area contributed by atoms with E-state index in [9.17, 15) is 19.5 Å². The number of ether oxygens (including phenoxy) is 2. The molecule has 0 heterocycles. The molecule has 0 aliphatic heterocycles. The molecule has 1 amide bonds. The molecule has 0 fully saturated rings. The van der Waals surface area contributed by atoms with Gasteiger partial charge in [-0.25, -0.2) is 14.4 Å². The van der Waals surface area contributed by atoms with Crippen molar-refractivity contribution in [1.82, 2.24) is 5.32 Å². The van der Waals surface area contributed by atoms with Crippen molar-refractivity contribution in [2.45, 2.75) is 39.8 Å². The Labute approximate surface area is 134 Å². The van der Waals surface area contributed by atoms with Crippen molar-refractivity contribution in [3.8, 4) is 0 Å². The number of hydrogen-bond acceptors (Lipinski definition) is 5. The second-order valence-corrected chi connectivity index (χ2v) is 5.76. The Morgan fingerprint density at radius 2 is 1.83 bits per heavy atom. The summed E-state index contributed by atoms with van der Waals surface area (Å²) in [5.74, 6) is -1.94. The summed E-state index contributed by atoms with van der Waals surface area (Å²) in [6.45, 7) is 7.09. The third-order valence-electron chi connectivity index (χ3n) is 2.65. The summed E-state index contributed by atoms with van der Waals surface area (Å²) in [4.78, 5) is 34.6. The lowest BCUT2D eigenvalue weighted by atomic mass is 10.0. The summed E-state index contributed by atoms with van der Waals surface area (Å²) in [6.07, 6.45) is -0.608. The van der Waals surface area contributed by atoms with Crippen LogP contribution in [0.1, 0.15) is 54.0 Å². The van der Waals surface area contributed by atoms with Crippen molar-refractivity contribution in [1.29, 1.82) is 0 Å². The highest BCUT2D eigenvalue weighted by Crippen LogP contribution is 2.14. The fraction of sp³-hybridized carbons (Fsp3) is 0.438. The number of carbonyl (C=O) groups is 3. The monoisotopic (exact) mass is 323 g/mol. The number of benzene rings is 1. The zero-order chi connectivity index (χ0) is 17.6. The largest absolute Gasteiger partial charge is 0.478 e. The van der Waals surface area contributed by atoms with Crippen molar-refractivity contribution in [2.24, 2.45) is 0 Å². The summed E-state index contributed by atoms with van der Waals surface area (Å²) in [5.41, 5.74) is -0.294. The minimum Gasteiger partial charge on any atom is -0.478 e. The van der Waals surface area contributed by atoms with Crippen molar-refractivity contribution >= 4 is 18.0 Å². The smallest absolute Gasteiger partial charge is 0.407 e. The van der Waals surface area contributed by atoms with Gasteiger partial charge in [0, 0.05) is 6.54 Å². The molecule has 0 radical (unpaired) electrons. The molecule has 1 rings (SSSR count). The Morgan fingerprint density at radius 1 is 1.17 bits per heavy atom. The second-order valence-electron chi connectivity index (χ2n) is 5.76. The lowest BCUT2D eigenvalue weighted by Gasteiger charge is -2.19. The number of carboxylic acid groups (broad SMARTS) is 1. The van der Waals surface area contributed by atoms with Gasteiger partial charge in [0.05, 0.1) is 17.7 Å². The van der Waals surface area contributed by atoms with Crippen LogP contribution in [0, 0.1) is 0 Å². The fourth-order valence-corrected chi connectivity index (χ4v) is 1.75. The van der Waals surface area contributed by atoms with E-state index >= 15 is 0 Å². The maximum Gasteiger partial charge on any atom is 0.407 e. The van der Waals surface area contributed by atoms with Crippen LogP contribution in [0.15, 0.2) is 18.2 Å². The van der Waals surface area contributed by atoms with Gasteiger partial charge in [0.2, 0.25) is 0 Å². The standard InChI is InChI=1S/C16H21NO6/c1-5-22-14(20)11-7-6-10(8-12(11)13(18)19)9-17-15(21)23-16(2,3)4/h6-8H,5,9H2,1-4H3,(H,17,21)(H,18,19). The van der Waals surface area contributed by atoms with Gasteiger partial charge in [0.25, 0.3) is 0 Å². The van der Waals surface area contributed by atoms with E-state index in [1.54, 1.807) is 33.8 Å². The normalized spacial score (nSPS) is 10.8. The SMILES string of the molecule is CCOC(=O)c1ccc(CNC(=O)OC(C)(C)C)cc1C(=O)O. The number of esters is 1. The van der Waals surface area contributed by atoms with Gasteiger partial charge in [0.15, 0.2) is 0 Å². The lowest BCUT2D eigenvalue weighted by Crippen LogP contribution is -2.32. The molecule has 0 aliphatic rings. The Bertz CT molecular complexity index is 603. The summed E-state index contributed by atoms with van der Waals surface area (Å²) < 4.78 is 9.91. The highest BCUT2D eigenvalue weighted by molar-refractivity contribution is 6.02. The van der Waals surface area contributed by atoms with Crippen LogP contribution in [0.2, 0.25) is 0 Å². The molecule has 0 spiro atoms. The van der Waals surface area contributed by atoms with Gasteiger partial charge in [-0.15, -0.1) is 0 Å². The third-order valence-corrected chi connectivity index (χ3v) is 2.65. The predicted octanol–water partition coefficient (Wildman–Crippen LogP) is 2.59. The van der Waals surface area contributed by atoms with E-state index in [1.165, 1.54) is 12.1 Å². The first-order valence-electron chi connectivity index (χ1n) is 7.14. The van der Waals surface area contributed by atoms with Crippen molar-refractivity contribution in [2.75, 3.05) is 6.61 Å². The first-order chi connectivity index (χ1) is 10.6. The van der Waals surface area contributed by atoms with Crippen LogP contribution in [0.25, 0.3) is 0 Å². The molecule has 0 aliphatic carbocycles. The van der Waals surface area contributed by atoms with Crippen LogP contribution in [0.4, 0.5) is 4.79 Å². The molecule has 0 saturated carbocycles. The topological polar surface area (TPSA) is 102 Å². The van der Waals surface area contributed by atoms with Crippen molar-refractivity contribution < 1.29 is 29.0 Å². The van der Waals surface area contributed by atoms with E-state index in [1.807, 2.05) is 0 Å². The van der Waals surface area contributed by atoms with Crippen LogP contribution in [-0.2, 0) is 16.0 Å². The maximum atomic E-state index is 11.7. The molecule has 0 saturated heterocycles. The van der Waals surface area contributed by atoms with Gasteiger partial charge in [-0.3, -0.25) is 0 Å². The molecular weight excluding hydrogens is 302 g/mol. The molecule has 0 bridgehead atoms. The molecule has 2 N–H and O–H groups in total. The Morgan fingerprint density at radius 3 is 2.35 bits per heavy atom. The molecule has 1 aromatic carbocycles. The predicted molar refractivity (Wildman–Crippen MR) is 82.4 cm³/mol. The van der Waals surface area contributed by atoms with E-state index in [0.29, 0.717) is 5.56 Å². The molecule has 1 aromatic rings. The number of nitrogens with one attached hydrogen (secondary N) is 1. The number of hydrogen-bond donors (Lipinski definition) is 2. The number of carboxylic acids is 1. The molecule has 7 nitrogen and oxygen atoms in total. The summed E-state index contributed by atoms with van der Waals surface area (Å²) in [6, 6.07) is 4.25. The average Bonchev–Trinajstić information content (AvgIpc) is 2.43. The highest BCUT2D eigenvalue weighted by atomic mass is 16.6. The fourth-order valence-electron chi connectivity index (χ4n) is 1.75. The minimum atomic E-state index is -1.24. The van der Waals surface area contributed by atoms with Crippen LogP contribution in [-0.4, -0.2) is 35.3 Å². The minimum absolute atomic E-state index is 0.0274. The van der Waals surface area contributed by atoms with Gasteiger partial charge in [-0.1, -0.05) is 6.07 Å². The molecule has 126 valence electrons. The van der Waals surface area contributed by atoms with E-state index in [0.717, 1.165) is 0 Å². The Kier molecular flexibility index (Phi) is 6.12. The van der Waals surface area contributed by atoms with Gasteiger partial charge in [-0.05, 0) is 45.4 Å². The quantitative estimate of drug-likeness (QED) is 0.808. The number of alkyl carbamates (subject to hydrolysis) is 1. The van der Waals surface area contributed by atoms with Gasteiger partial charge < -0.3 is 19.9 Å². The average molecular weight is 323 g/mol. The van der Waals surface area contributed by atoms with Crippen LogP contribution in [0.3, 0.4) is 0 Å². The zero-order valence-electron chi connectivity index (χ0n) is 13.6. The molecule has 7 heteroatoms. The second kappa shape index (κ2) is 7.62. The highest BCUT2D eigenvalue weighted by Gasteiger charge is 2.19. The summed E-state index contributed by atoms with van der Waals surface area (Å²) in [5, 5.41) is 11.7. The molecule has 0 atom stereocenters. The van der Waals surface area contributed by atoms with Crippen molar-refractivity contribution in [3.63, 3.8) is 0 Å². The van der Waals surface area contributed by atoms with Crippen LogP contribution >= 0.6 is 0 Å². The lowest BCUT2D eigenvalue weighted by molar-refractivity contribution is 0.0508. The molecule has 0 aromatic heterocycles. The number of aromatic carboxylic acids is 1. The third kappa shape index (κ3) is 5.98. The maximum absolute atomic E-state index is 11.7. The van der Waals surface area contributed by atoms with Crippen LogP contribution < -0.4 is 5.32 Å². The molecular formula is C16H21NO6. The number of rotatable bonds is 5. The Hall–Kier alpha value is -2.57. The number of amides is 1. The summed E-state index contributed by atoms with van der Waals surface area (Å²) >= 11 is 0. The number of carbonyl (C=O) groups excluding carboxylic acids is 2. The zero-order valence-corrected chi connectivity index (χ0v) is 13.6. The van der Waals surface area contributed by atoms with Gasteiger partial charge in [-0.2, -0.15) is 0 Å². The van der Waals surface area contributed by atoms with E-state index < -0.39 is 23.6 Å². The van der Waals surface area contributed by atoms with E-state index in [4.69, 9.17) is 9.47 Å². The molecule has 23 heavy (non-hydrogen) atoms. The van der Waals surface area contributed by atoms with Crippen LogP contribution in [0.5, 0.6) is 0 Å². The van der Waals surface area contributed by atoms with Gasteiger partial charge in [0.1, 0.15) is 5.60 Å². The van der Waals surface area contributed by atoms with Gasteiger partial charge >= 0.3 is 18.0 Å². The first-order valence-corrected chi connectivity index (χ1v) is 7.14. The van der Waals surface area contributed by atoms with E-state index in [-0.39, 0.29) is 24.3 Å². The Balaban J connectivity index is 2.86. The van der Waals surface area contributed by atoms with Crippen molar-refractivity contribution in [3.05, 3.63) is 34.9 Å². The molecule has 0 unspecified atom stereocenters. The van der Waals surface area contributed by atoms with E-state index in [2.05, 4.69) is 5.32 Å².